The molecule has 0 atom stereocenters. The number of anilines is 1. The maximum absolute atomic E-state index is 3.49. The van der Waals surface area contributed by atoms with Gasteiger partial charge in [0.1, 0.15) is 0 Å². The van der Waals surface area contributed by atoms with Gasteiger partial charge in [-0.1, -0.05) is 19.1 Å². The van der Waals surface area contributed by atoms with Crippen LogP contribution in [0.4, 0.5) is 5.69 Å². The molecule has 3 heteroatoms. The fourth-order valence-electron chi connectivity index (χ4n) is 2.81. The topological polar surface area (TPSA) is 18.5 Å². The van der Waals surface area contributed by atoms with Crippen molar-refractivity contribution in [3.05, 3.63) is 29.3 Å². The fraction of sp³-hybridized carbons (Fsp3) is 0.647. The highest BCUT2D eigenvalue weighted by Gasteiger charge is 2.11. The minimum absolute atomic E-state index is 1.08. The first-order chi connectivity index (χ1) is 9.69. The van der Waals surface area contributed by atoms with E-state index >= 15 is 0 Å². The Morgan fingerprint density at radius 2 is 2.00 bits per heavy atom. The van der Waals surface area contributed by atoms with Gasteiger partial charge < -0.3 is 10.2 Å². The van der Waals surface area contributed by atoms with E-state index < -0.39 is 0 Å². The van der Waals surface area contributed by atoms with Crippen molar-refractivity contribution in [2.24, 2.45) is 0 Å². The van der Waals surface area contributed by atoms with Gasteiger partial charge in [0, 0.05) is 31.9 Å². The second-order valence-electron chi connectivity index (χ2n) is 6.10. The summed E-state index contributed by atoms with van der Waals surface area (Å²) >= 11 is 0. The molecule has 0 amide bonds. The Balaban J connectivity index is 1.98. The van der Waals surface area contributed by atoms with Crippen molar-refractivity contribution in [3.8, 4) is 0 Å². The molecule has 0 aromatic heterocycles. The van der Waals surface area contributed by atoms with Crippen LogP contribution in [0.5, 0.6) is 0 Å². The number of rotatable bonds is 7. The van der Waals surface area contributed by atoms with E-state index in [1.807, 2.05) is 0 Å². The largest absolute Gasteiger partial charge is 0.385 e. The Labute approximate surface area is 124 Å². The highest BCUT2D eigenvalue weighted by molar-refractivity contribution is 5.54. The first kappa shape index (κ1) is 15.3. The molecule has 0 bridgehead atoms. The molecule has 1 N–H and O–H groups in total. The highest BCUT2D eigenvalue weighted by atomic mass is 15.2. The summed E-state index contributed by atoms with van der Waals surface area (Å²) in [6.07, 6.45) is 3.71. The van der Waals surface area contributed by atoms with Crippen LogP contribution in [0.25, 0.3) is 0 Å². The maximum Gasteiger partial charge on any atom is 0.0372 e. The molecule has 1 heterocycles. The summed E-state index contributed by atoms with van der Waals surface area (Å²) in [5.74, 6) is 0. The van der Waals surface area contributed by atoms with Crippen LogP contribution in [0.2, 0.25) is 0 Å². The molecule has 1 aliphatic heterocycles. The Morgan fingerprint density at radius 1 is 1.15 bits per heavy atom. The van der Waals surface area contributed by atoms with Crippen LogP contribution in [0.1, 0.15) is 30.9 Å². The number of nitrogens with one attached hydrogen (secondary N) is 1. The van der Waals surface area contributed by atoms with Gasteiger partial charge in [-0.15, -0.1) is 0 Å². The van der Waals surface area contributed by atoms with E-state index in [2.05, 4.69) is 54.3 Å². The minimum atomic E-state index is 1.08. The molecular weight excluding hydrogens is 246 g/mol. The molecular formula is C17H29N3. The van der Waals surface area contributed by atoms with E-state index in [1.165, 1.54) is 42.6 Å². The molecule has 1 aromatic carbocycles. The van der Waals surface area contributed by atoms with Crippen LogP contribution < -0.4 is 5.32 Å². The first-order valence-corrected chi connectivity index (χ1v) is 7.92. The van der Waals surface area contributed by atoms with Gasteiger partial charge in [0.2, 0.25) is 0 Å². The van der Waals surface area contributed by atoms with E-state index in [9.17, 15) is 0 Å². The minimum Gasteiger partial charge on any atom is -0.385 e. The van der Waals surface area contributed by atoms with Crippen LogP contribution in [-0.2, 0) is 13.0 Å². The van der Waals surface area contributed by atoms with E-state index in [4.69, 9.17) is 0 Å². The van der Waals surface area contributed by atoms with Crippen LogP contribution in [0.15, 0.2) is 18.2 Å². The molecule has 1 aromatic rings. The van der Waals surface area contributed by atoms with Crippen molar-refractivity contribution in [1.82, 2.24) is 9.80 Å². The summed E-state index contributed by atoms with van der Waals surface area (Å²) in [5.41, 5.74) is 4.30. The number of likely N-dealkylation sites (N-methyl/N-ethyl adjacent to an activating group) is 1. The summed E-state index contributed by atoms with van der Waals surface area (Å²) < 4.78 is 0. The van der Waals surface area contributed by atoms with E-state index in [0.29, 0.717) is 0 Å². The van der Waals surface area contributed by atoms with E-state index in [1.54, 1.807) is 0 Å². The Bertz CT molecular complexity index is 415. The van der Waals surface area contributed by atoms with Gasteiger partial charge in [-0.3, -0.25) is 4.90 Å². The first-order valence-electron chi connectivity index (χ1n) is 7.92. The van der Waals surface area contributed by atoms with Crippen molar-refractivity contribution in [1.29, 1.82) is 0 Å². The smallest absolute Gasteiger partial charge is 0.0372 e. The average Bonchev–Trinajstić information content (AvgIpc) is 2.45. The Hall–Kier alpha value is -1.06. The van der Waals surface area contributed by atoms with Crippen molar-refractivity contribution in [2.45, 2.75) is 32.7 Å². The third-order valence-electron chi connectivity index (χ3n) is 3.92. The number of fused-ring (bicyclic) bond motifs is 1. The summed E-state index contributed by atoms with van der Waals surface area (Å²) in [4.78, 5) is 4.83. The predicted octanol–water partition coefficient (Wildman–Crippen LogP) is 2.82. The third-order valence-corrected chi connectivity index (χ3v) is 3.92. The van der Waals surface area contributed by atoms with Gasteiger partial charge in [0.05, 0.1) is 0 Å². The Kier molecular flexibility index (Phi) is 5.86. The van der Waals surface area contributed by atoms with E-state index in [-0.39, 0.29) is 0 Å². The van der Waals surface area contributed by atoms with Gasteiger partial charge in [-0.25, -0.2) is 0 Å². The van der Waals surface area contributed by atoms with Crippen LogP contribution in [-0.4, -0.2) is 50.1 Å². The standard InChI is InChI=1S/C17H29N3/c1-4-10-20(12-11-19(2)3)14-15-7-8-17-16(13-15)6-5-9-18-17/h7-8,13,18H,4-6,9-12,14H2,1-3H3. The molecule has 0 aliphatic carbocycles. The number of aryl methyl sites for hydroxylation is 1. The van der Waals surface area contributed by atoms with Crippen molar-refractivity contribution < 1.29 is 0 Å². The van der Waals surface area contributed by atoms with Gasteiger partial charge in [0.25, 0.3) is 0 Å². The summed E-state index contributed by atoms with van der Waals surface area (Å²) in [5, 5.41) is 3.49. The quantitative estimate of drug-likeness (QED) is 0.825. The number of nitrogens with zero attached hydrogens (tertiary/aromatic N) is 2. The maximum atomic E-state index is 3.49. The molecule has 0 spiro atoms. The molecule has 112 valence electrons. The lowest BCUT2D eigenvalue weighted by Gasteiger charge is -2.25. The average molecular weight is 275 g/mol. The van der Waals surface area contributed by atoms with Crippen molar-refractivity contribution in [3.63, 3.8) is 0 Å². The molecule has 0 fully saturated rings. The third kappa shape index (κ3) is 4.50. The normalized spacial score (nSPS) is 14.4. The van der Waals surface area contributed by atoms with Gasteiger partial charge in [0.15, 0.2) is 0 Å². The molecule has 0 radical (unpaired) electrons. The summed E-state index contributed by atoms with van der Waals surface area (Å²) in [6, 6.07) is 6.95. The second kappa shape index (κ2) is 7.65. The van der Waals surface area contributed by atoms with E-state index in [0.717, 1.165) is 26.2 Å². The molecule has 2 rings (SSSR count). The second-order valence-corrected chi connectivity index (χ2v) is 6.10. The zero-order valence-corrected chi connectivity index (χ0v) is 13.3. The summed E-state index contributed by atoms with van der Waals surface area (Å²) in [7, 11) is 4.30. The SMILES string of the molecule is CCCN(CCN(C)C)Cc1ccc2c(c1)CCCN2. The molecule has 20 heavy (non-hydrogen) atoms. The molecule has 1 aliphatic rings. The highest BCUT2D eigenvalue weighted by Crippen LogP contribution is 2.23. The van der Waals surface area contributed by atoms with Gasteiger partial charge in [-0.05, 0) is 57.1 Å². The number of benzene rings is 1. The molecule has 3 nitrogen and oxygen atoms in total. The fourth-order valence-corrected chi connectivity index (χ4v) is 2.81. The zero-order chi connectivity index (χ0) is 14.4. The number of hydrogen-bond acceptors (Lipinski definition) is 3. The predicted molar refractivity (Wildman–Crippen MR) is 87.4 cm³/mol. The van der Waals surface area contributed by atoms with Crippen LogP contribution in [0, 0.1) is 0 Å². The zero-order valence-electron chi connectivity index (χ0n) is 13.3. The van der Waals surface area contributed by atoms with Gasteiger partial charge >= 0.3 is 0 Å². The Morgan fingerprint density at radius 3 is 2.75 bits per heavy atom. The lowest BCUT2D eigenvalue weighted by molar-refractivity contribution is 0.234. The number of hydrogen-bond donors (Lipinski definition) is 1. The lowest BCUT2D eigenvalue weighted by Crippen LogP contribution is -2.32. The molecule has 0 unspecified atom stereocenters. The van der Waals surface area contributed by atoms with Crippen molar-refractivity contribution in [2.75, 3.05) is 45.6 Å². The lowest BCUT2D eigenvalue weighted by atomic mass is 10.0. The molecule has 0 saturated carbocycles. The van der Waals surface area contributed by atoms with Crippen LogP contribution in [0.3, 0.4) is 0 Å². The van der Waals surface area contributed by atoms with Crippen molar-refractivity contribution >= 4 is 5.69 Å². The molecule has 0 saturated heterocycles. The monoisotopic (exact) mass is 275 g/mol. The summed E-state index contributed by atoms with van der Waals surface area (Å²) in [6.45, 7) is 7.93. The van der Waals surface area contributed by atoms with Gasteiger partial charge in [-0.2, -0.15) is 0 Å². The van der Waals surface area contributed by atoms with Crippen LogP contribution >= 0.6 is 0 Å².